The minimum Gasteiger partial charge on any atom is -0.344 e. The molecule has 0 N–H and O–H groups in total. The van der Waals surface area contributed by atoms with E-state index in [9.17, 15) is 0 Å². The highest BCUT2D eigenvalue weighted by molar-refractivity contribution is 5.96. The summed E-state index contributed by atoms with van der Waals surface area (Å²) in [5, 5.41) is 0. The second-order valence-corrected chi connectivity index (χ2v) is 11.0. The standard InChI is InChI=1S/C43H33N/c1-44(42-28-16-15-26-39(42)34-21-9-4-10-22-34)43-31-35(38-25-12-11-23-36(38)32-17-5-2-6-18-32)29-30-41(43)40-27-14-13-24-37(40)33-19-7-3-8-20-33/h2-31H,1H3. The molecular formula is C43H33N. The molecule has 210 valence electrons. The second-order valence-electron chi connectivity index (χ2n) is 11.0. The van der Waals surface area contributed by atoms with Crippen molar-refractivity contribution < 1.29 is 0 Å². The van der Waals surface area contributed by atoms with Crippen LogP contribution >= 0.6 is 0 Å². The van der Waals surface area contributed by atoms with Crippen molar-refractivity contribution in [1.29, 1.82) is 0 Å². The maximum absolute atomic E-state index is 2.36. The van der Waals surface area contributed by atoms with Crippen LogP contribution in [0.15, 0.2) is 182 Å². The molecule has 0 aromatic heterocycles. The van der Waals surface area contributed by atoms with Crippen molar-refractivity contribution in [1.82, 2.24) is 0 Å². The SMILES string of the molecule is CN(c1ccccc1-c1ccccc1)c1cc(-c2ccccc2-c2ccccc2)ccc1-c1ccccc1-c1ccccc1. The van der Waals surface area contributed by atoms with Gasteiger partial charge in [-0.1, -0.05) is 170 Å². The van der Waals surface area contributed by atoms with Crippen molar-refractivity contribution in [2.75, 3.05) is 11.9 Å². The Kier molecular flexibility index (Phi) is 7.60. The Hall–Kier alpha value is -5.66. The molecule has 7 rings (SSSR count). The minimum absolute atomic E-state index is 1.15. The molecule has 7 aromatic carbocycles. The molecule has 7 aromatic rings. The molecule has 0 atom stereocenters. The predicted octanol–water partition coefficient (Wildman–Crippen LogP) is 11.8. The fourth-order valence-electron chi connectivity index (χ4n) is 6.15. The second kappa shape index (κ2) is 12.3. The number of rotatable bonds is 7. The lowest BCUT2D eigenvalue weighted by atomic mass is 9.89. The summed E-state index contributed by atoms with van der Waals surface area (Å²) in [7, 11) is 2.19. The van der Waals surface area contributed by atoms with Crippen LogP contribution in [0.2, 0.25) is 0 Å². The molecular weight excluding hydrogens is 530 g/mol. The Balaban J connectivity index is 1.45. The third-order valence-corrected chi connectivity index (χ3v) is 8.33. The van der Waals surface area contributed by atoms with E-state index in [0.717, 1.165) is 11.4 Å². The van der Waals surface area contributed by atoms with Crippen LogP contribution < -0.4 is 4.90 Å². The summed E-state index contributed by atoms with van der Waals surface area (Å²) < 4.78 is 0. The molecule has 0 radical (unpaired) electrons. The highest BCUT2D eigenvalue weighted by Gasteiger charge is 2.19. The Bertz CT molecular complexity index is 2010. The summed E-state index contributed by atoms with van der Waals surface area (Å²) in [5.74, 6) is 0. The van der Waals surface area contributed by atoms with Gasteiger partial charge < -0.3 is 4.90 Å². The first-order chi connectivity index (χ1) is 21.8. The normalized spacial score (nSPS) is 10.8. The van der Waals surface area contributed by atoms with E-state index in [1.807, 2.05) is 0 Å². The largest absolute Gasteiger partial charge is 0.344 e. The van der Waals surface area contributed by atoms with Crippen LogP contribution in [-0.2, 0) is 0 Å². The third kappa shape index (κ3) is 5.32. The minimum atomic E-state index is 1.15. The van der Waals surface area contributed by atoms with E-state index < -0.39 is 0 Å². The van der Waals surface area contributed by atoms with Crippen LogP contribution in [0.3, 0.4) is 0 Å². The number of anilines is 2. The molecule has 44 heavy (non-hydrogen) atoms. The molecule has 0 saturated carbocycles. The smallest absolute Gasteiger partial charge is 0.0494 e. The van der Waals surface area contributed by atoms with Crippen molar-refractivity contribution in [3.05, 3.63) is 182 Å². The van der Waals surface area contributed by atoms with E-state index in [1.54, 1.807) is 0 Å². The number of nitrogens with zero attached hydrogens (tertiary/aromatic N) is 1. The van der Waals surface area contributed by atoms with E-state index in [4.69, 9.17) is 0 Å². The monoisotopic (exact) mass is 563 g/mol. The fourth-order valence-corrected chi connectivity index (χ4v) is 6.15. The van der Waals surface area contributed by atoms with Gasteiger partial charge in [-0.3, -0.25) is 0 Å². The zero-order chi connectivity index (χ0) is 29.7. The molecule has 0 amide bonds. The zero-order valence-corrected chi connectivity index (χ0v) is 24.8. The van der Waals surface area contributed by atoms with Crippen molar-refractivity contribution in [3.8, 4) is 55.6 Å². The Labute approximate surface area is 260 Å². The Morgan fingerprint density at radius 2 is 0.659 bits per heavy atom. The summed E-state index contributed by atoms with van der Waals surface area (Å²) in [4.78, 5) is 2.36. The third-order valence-electron chi connectivity index (χ3n) is 8.33. The zero-order valence-electron chi connectivity index (χ0n) is 24.8. The van der Waals surface area contributed by atoms with Gasteiger partial charge in [0.1, 0.15) is 0 Å². The summed E-state index contributed by atoms with van der Waals surface area (Å²) in [6.07, 6.45) is 0. The molecule has 0 fully saturated rings. The first kappa shape index (κ1) is 27.2. The van der Waals surface area contributed by atoms with Gasteiger partial charge in [0.05, 0.1) is 0 Å². The molecule has 0 unspecified atom stereocenters. The summed E-state index contributed by atoms with van der Waals surface area (Å²) >= 11 is 0. The Morgan fingerprint density at radius 1 is 0.273 bits per heavy atom. The molecule has 0 aliphatic heterocycles. The van der Waals surface area contributed by atoms with E-state index in [2.05, 4.69) is 194 Å². The van der Waals surface area contributed by atoms with Crippen LogP contribution in [0.5, 0.6) is 0 Å². The molecule has 0 saturated heterocycles. The molecule has 1 heteroatoms. The lowest BCUT2D eigenvalue weighted by Crippen LogP contribution is -2.12. The molecule has 0 aliphatic rings. The van der Waals surface area contributed by atoms with E-state index in [1.165, 1.54) is 55.6 Å². The van der Waals surface area contributed by atoms with Gasteiger partial charge in [0.15, 0.2) is 0 Å². The maximum Gasteiger partial charge on any atom is 0.0494 e. The number of benzene rings is 7. The van der Waals surface area contributed by atoms with Crippen LogP contribution in [-0.4, -0.2) is 7.05 Å². The first-order valence-corrected chi connectivity index (χ1v) is 15.1. The van der Waals surface area contributed by atoms with E-state index >= 15 is 0 Å². The molecule has 0 heterocycles. The number of hydrogen-bond acceptors (Lipinski definition) is 1. The lowest BCUT2D eigenvalue weighted by molar-refractivity contribution is 1.21. The molecule has 1 nitrogen and oxygen atoms in total. The number of hydrogen-bond donors (Lipinski definition) is 0. The van der Waals surface area contributed by atoms with Gasteiger partial charge in [0, 0.05) is 29.5 Å². The van der Waals surface area contributed by atoms with Crippen LogP contribution in [0.4, 0.5) is 11.4 Å². The van der Waals surface area contributed by atoms with Crippen LogP contribution in [0.25, 0.3) is 55.6 Å². The molecule has 0 bridgehead atoms. The summed E-state index contributed by atoms with van der Waals surface area (Å²) in [6, 6.07) is 65.1. The van der Waals surface area contributed by atoms with Crippen molar-refractivity contribution >= 4 is 11.4 Å². The summed E-state index contributed by atoms with van der Waals surface area (Å²) in [6.45, 7) is 0. The maximum atomic E-state index is 2.36. The van der Waals surface area contributed by atoms with Gasteiger partial charge >= 0.3 is 0 Å². The van der Waals surface area contributed by atoms with Gasteiger partial charge in [-0.25, -0.2) is 0 Å². The molecule has 0 aliphatic carbocycles. The van der Waals surface area contributed by atoms with Gasteiger partial charge in [0.2, 0.25) is 0 Å². The van der Waals surface area contributed by atoms with Gasteiger partial charge in [-0.15, -0.1) is 0 Å². The first-order valence-electron chi connectivity index (χ1n) is 15.1. The Morgan fingerprint density at radius 3 is 1.20 bits per heavy atom. The highest BCUT2D eigenvalue weighted by Crippen LogP contribution is 2.44. The van der Waals surface area contributed by atoms with E-state index in [-0.39, 0.29) is 0 Å². The molecule has 0 spiro atoms. The average molecular weight is 564 g/mol. The summed E-state index contributed by atoms with van der Waals surface area (Å²) in [5.41, 5.74) is 14.4. The van der Waals surface area contributed by atoms with Crippen molar-refractivity contribution in [2.45, 2.75) is 0 Å². The average Bonchev–Trinajstić information content (AvgIpc) is 3.12. The van der Waals surface area contributed by atoms with Gasteiger partial charge in [0.25, 0.3) is 0 Å². The highest BCUT2D eigenvalue weighted by atomic mass is 15.1. The van der Waals surface area contributed by atoms with Crippen molar-refractivity contribution in [2.24, 2.45) is 0 Å². The van der Waals surface area contributed by atoms with Gasteiger partial charge in [-0.2, -0.15) is 0 Å². The van der Waals surface area contributed by atoms with Crippen molar-refractivity contribution in [3.63, 3.8) is 0 Å². The lowest BCUT2D eigenvalue weighted by Gasteiger charge is -2.27. The number of para-hydroxylation sites is 1. The fraction of sp³-hybridized carbons (Fsp3) is 0.0233. The quantitative estimate of drug-likeness (QED) is 0.186. The predicted molar refractivity (Wildman–Crippen MR) is 188 cm³/mol. The van der Waals surface area contributed by atoms with Gasteiger partial charge in [-0.05, 0) is 56.6 Å². The topological polar surface area (TPSA) is 3.24 Å². The van der Waals surface area contributed by atoms with Crippen LogP contribution in [0.1, 0.15) is 0 Å². The van der Waals surface area contributed by atoms with E-state index in [0.29, 0.717) is 0 Å². The van der Waals surface area contributed by atoms with Crippen LogP contribution in [0, 0.1) is 0 Å².